The van der Waals surface area contributed by atoms with Gasteiger partial charge in [0.05, 0.1) is 6.04 Å². The zero-order valence-corrected chi connectivity index (χ0v) is 21.0. The van der Waals surface area contributed by atoms with Crippen molar-refractivity contribution in [1.29, 1.82) is 0 Å². The number of nitrogens with one attached hydrogen (secondary N) is 2. The molecule has 2 N–H and O–H groups in total. The number of ketones is 1. The number of hydrogen-bond donors (Lipinski definition) is 2. The first kappa shape index (κ1) is 26.9. The minimum atomic E-state index is -0.244. The normalized spacial score (nSPS) is 12.0. The van der Waals surface area contributed by atoms with Crippen LogP contribution in [0.2, 0.25) is 0 Å². The summed E-state index contributed by atoms with van der Waals surface area (Å²) in [5, 5.41) is 6.90. The lowest BCUT2D eigenvalue weighted by Crippen LogP contribution is -2.32. The molecule has 0 spiro atoms. The Morgan fingerprint density at radius 1 is 1.00 bits per heavy atom. The minimum Gasteiger partial charge on any atom is -0.492 e. The molecule has 1 unspecified atom stereocenters. The monoisotopic (exact) mass is 453 g/mol. The summed E-state index contributed by atoms with van der Waals surface area (Å²) in [5.41, 5.74) is 3.31. The van der Waals surface area contributed by atoms with Gasteiger partial charge >= 0.3 is 0 Å². The summed E-state index contributed by atoms with van der Waals surface area (Å²) >= 11 is 0. The molecule has 1 atom stereocenters. The van der Waals surface area contributed by atoms with Crippen molar-refractivity contribution in [2.45, 2.75) is 59.4 Å². The van der Waals surface area contributed by atoms with Gasteiger partial charge in [-0.05, 0) is 81.7 Å². The van der Waals surface area contributed by atoms with E-state index in [1.54, 1.807) is 0 Å². The summed E-state index contributed by atoms with van der Waals surface area (Å²) in [6.07, 6.45) is 3.22. The van der Waals surface area contributed by atoms with Crippen LogP contribution >= 0.6 is 0 Å². The van der Waals surface area contributed by atoms with E-state index in [4.69, 9.17) is 4.74 Å². The van der Waals surface area contributed by atoms with Crippen LogP contribution in [0.15, 0.2) is 48.5 Å². The van der Waals surface area contributed by atoms with Crippen molar-refractivity contribution in [2.75, 3.05) is 44.6 Å². The molecule has 2 aromatic rings. The van der Waals surface area contributed by atoms with Gasteiger partial charge in [0.25, 0.3) is 0 Å². The maximum absolute atomic E-state index is 13.1. The molecular weight excluding hydrogens is 410 g/mol. The molecule has 2 rings (SSSR count). The predicted molar refractivity (Wildman–Crippen MR) is 139 cm³/mol. The van der Waals surface area contributed by atoms with E-state index in [1.807, 2.05) is 30.3 Å². The summed E-state index contributed by atoms with van der Waals surface area (Å²) in [5.74, 6) is 1.14. The lowest BCUT2D eigenvalue weighted by Gasteiger charge is -2.21. The third kappa shape index (κ3) is 9.97. The number of carbonyl (C=O) groups excluding carboxylic acids is 1. The molecule has 0 aliphatic heterocycles. The Labute approximate surface area is 200 Å². The number of rotatable bonds is 17. The summed E-state index contributed by atoms with van der Waals surface area (Å²) in [7, 11) is 0. The van der Waals surface area contributed by atoms with E-state index in [9.17, 15) is 4.79 Å². The quantitative estimate of drug-likeness (QED) is 0.327. The van der Waals surface area contributed by atoms with Gasteiger partial charge in [-0.1, -0.05) is 51.1 Å². The van der Waals surface area contributed by atoms with Crippen LogP contribution in [0.25, 0.3) is 0 Å². The second-order valence-corrected chi connectivity index (χ2v) is 8.56. The Morgan fingerprint density at radius 3 is 2.39 bits per heavy atom. The molecule has 2 aromatic carbocycles. The van der Waals surface area contributed by atoms with Crippen molar-refractivity contribution < 1.29 is 9.53 Å². The zero-order chi connectivity index (χ0) is 23.9. The van der Waals surface area contributed by atoms with Crippen molar-refractivity contribution in [2.24, 2.45) is 0 Å². The highest BCUT2D eigenvalue weighted by atomic mass is 16.5. The minimum absolute atomic E-state index is 0.244. The lowest BCUT2D eigenvalue weighted by molar-refractivity contribution is -0.119. The molecule has 0 fully saturated rings. The van der Waals surface area contributed by atoms with Gasteiger partial charge < -0.3 is 20.3 Å². The number of hydrogen-bond acceptors (Lipinski definition) is 5. The topological polar surface area (TPSA) is 53.6 Å². The number of para-hydroxylation sites is 1. The Balaban J connectivity index is 1.98. The summed E-state index contributed by atoms with van der Waals surface area (Å²) in [6.45, 7) is 14.1. The number of carbonyl (C=O) groups is 1. The van der Waals surface area contributed by atoms with Gasteiger partial charge in [-0.3, -0.25) is 4.79 Å². The van der Waals surface area contributed by atoms with Crippen molar-refractivity contribution >= 4 is 11.5 Å². The Morgan fingerprint density at radius 2 is 1.73 bits per heavy atom. The summed E-state index contributed by atoms with van der Waals surface area (Å²) in [6, 6.07) is 16.1. The maximum atomic E-state index is 13.1. The molecule has 0 heterocycles. The number of aryl methyl sites for hydroxylation is 1. The second-order valence-electron chi connectivity index (χ2n) is 8.56. The molecule has 5 heteroatoms. The van der Waals surface area contributed by atoms with E-state index in [-0.39, 0.29) is 11.8 Å². The second kappa shape index (κ2) is 15.5. The molecule has 0 saturated carbocycles. The van der Waals surface area contributed by atoms with Crippen molar-refractivity contribution in [3.63, 3.8) is 0 Å². The van der Waals surface area contributed by atoms with E-state index in [1.165, 1.54) is 0 Å². The molecule has 0 aliphatic carbocycles. The van der Waals surface area contributed by atoms with E-state index in [0.29, 0.717) is 19.4 Å². The number of anilines is 1. The fraction of sp³-hybridized carbons (Fsp3) is 0.536. The molecular formula is C28H43N3O2. The molecule has 0 aliphatic rings. The number of ether oxygens (including phenoxy) is 1. The average Bonchev–Trinajstić information content (AvgIpc) is 2.83. The Bertz CT molecular complexity index is 803. The van der Waals surface area contributed by atoms with Crippen molar-refractivity contribution in [3.8, 4) is 5.75 Å². The maximum Gasteiger partial charge on any atom is 0.155 e. The van der Waals surface area contributed by atoms with Gasteiger partial charge in [-0.2, -0.15) is 0 Å². The highest BCUT2D eigenvalue weighted by Crippen LogP contribution is 2.19. The average molecular weight is 454 g/mol. The third-order valence-corrected chi connectivity index (χ3v) is 6.00. The number of likely N-dealkylation sites (N-methyl/N-ethyl adjacent to an activating group) is 1. The molecule has 0 bridgehead atoms. The number of benzene rings is 2. The summed E-state index contributed by atoms with van der Waals surface area (Å²) < 4.78 is 5.91. The summed E-state index contributed by atoms with van der Waals surface area (Å²) in [4.78, 5) is 15.5. The molecule has 182 valence electrons. The van der Waals surface area contributed by atoms with Crippen LogP contribution in [-0.2, 0) is 11.2 Å². The van der Waals surface area contributed by atoms with Gasteiger partial charge in [0.15, 0.2) is 5.78 Å². The van der Waals surface area contributed by atoms with E-state index in [2.05, 4.69) is 61.4 Å². The third-order valence-electron chi connectivity index (χ3n) is 6.00. The van der Waals surface area contributed by atoms with Crippen LogP contribution in [0, 0.1) is 6.92 Å². The van der Waals surface area contributed by atoms with Gasteiger partial charge in [-0.25, -0.2) is 0 Å². The van der Waals surface area contributed by atoms with Crippen LogP contribution in [-0.4, -0.2) is 56.1 Å². The fourth-order valence-electron chi connectivity index (χ4n) is 3.82. The largest absolute Gasteiger partial charge is 0.492 e. The molecule has 0 radical (unpaired) electrons. The van der Waals surface area contributed by atoms with Gasteiger partial charge in [0.2, 0.25) is 0 Å². The Hall–Kier alpha value is -2.37. The first-order valence-corrected chi connectivity index (χ1v) is 12.6. The molecule has 0 saturated heterocycles. The molecule has 0 amide bonds. The highest BCUT2D eigenvalue weighted by molar-refractivity contribution is 5.87. The molecule has 0 aromatic heterocycles. The number of Topliss-reactive ketones (excluding diaryl/α,β-unsaturated/α-hetero) is 1. The van der Waals surface area contributed by atoms with Crippen LogP contribution in [0.4, 0.5) is 5.69 Å². The molecule has 5 nitrogen and oxygen atoms in total. The number of nitrogens with zero attached hydrogens (tertiary/aromatic N) is 1. The fourth-order valence-corrected chi connectivity index (χ4v) is 3.82. The smallest absolute Gasteiger partial charge is 0.155 e. The van der Waals surface area contributed by atoms with Gasteiger partial charge in [0.1, 0.15) is 12.4 Å². The zero-order valence-electron chi connectivity index (χ0n) is 21.0. The van der Waals surface area contributed by atoms with E-state index >= 15 is 0 Å². The first-order valence-electron chi connectivity index (χ1n) is 12.6. The molecule has 33 heavy (non-hydrogen) atoms. The van der Waals surface area contributed by atoms with E-state index in [0.717, 1.165) is 68.1 Å². The van der Waals surface area contributed by atoms with Crippen LogP contribution in [0.5, 0.6) is 5.75 Å². The SMILES string of the molecule is CCCNCCCC(=O)C(Cc1ccc(OCCN(CC)CC)cc1)Nc1ccccc1C. The van der Waals surface area contributed by atoms with E-state index < -0.39 is 0 Å². The van der Waals surface area contributed by atoms with Crippen LogP contribution < -0.4 is 15.4 Å². The van der Waals surface area contributed by atoms with Gasteiger partial charge in [0, 0.05) is 18.7 Å². The standard InChI is InChI=1S/C28H43N3O2/c1-5-18-29-19-10-13-28(32)27(30-26-12-9-8-11-23(26)4)22-24-14-16-25(17-15-24)33-21-20-31(6-2)7-3/h8-9,11-12,14-17,27,29-30H,5-7,10,13,18-22H2,1-4H3. The van der Waals surface area contributed by atoms with Crippen molar-refractivity contribution in [3.05, 3.63) is 59.7 Å². The highest BCUT2D eigenvalue weighted by Gasteiger charge is 2.19. The lowest BCUT2D eigenvalue weighted by atomic mass is 9.98. The van der Waals surface area contributed by atoms with Crippen LogP contribution in [0.3, 0.4) is 0 Å². The van der Waals surface area contributed by atoms with Crippen molar-refractivity contribution in [1.82, 2.24) is 10.2 Å². The van der Waals surface area contributed by atoms with Crippen LogP contribution in [0.1, 0.15) is 51.2 Å². The predicted octanol–water partition coefficient (Wildman–Crippen LogP) is 5.09. The Kier molecular flexibility index (Phi) is 12.6. The first-order chi connectivity index (χ1) is 16.1. The van der Waals surface area contributed by atoms with Gasteiger partial charge in [-0.15, -0.1) is 0 Å².